The largest absolute Gasteiger partial charge is 0.342 e. The molecule has 1 amide bonds. The highest BCUT2D eigenvalue weighted by Gasteiger charge is 2.45. The SMILES string of the molecule is CCN1CC2(CCN(Cc3cn(C)nc3C)CC2)CC(c2ccccc2)C1=O. The van der Waals surface area contributed by atoms with Crippen LogP contribution in [0.3, 0.4) is 0 Å². The molecule has 28 heavy (non-hydrogen) atoms. The quantitative estimate of drug-likeness (QED) is 0.817. The number of carbonyl (C=O) groups excluding carboxylic acids is 1. The van der Waals surface area contributed by atoms with Crippen molar-refractivity contribution in [2.24, 2.45) is 12.5 Å². The van der Waals surface area contributed by atoms with Crippen molar-refractivity contribution in [3.05, 3.63) is 53.3 Å². The molecular weight excluding hydrogens is 348 g/mol. The lowest BCUT2D eigenvalue weighted by Gasteiger charge is -2.49. The number of benzene rings is 1. The zero-order chi connectivity index (χ0) is 19.7. The summed E-state index contributed by atoms with van der Waals surface area (Å²) < 4.78 is 1.91. The van der Waals surface area contributed by atoms with Crippen molar-refractivity contribution in [2.75, 3.05) is 26.2 Å². The van der Waals surface area contributed by atoms with E-state index in [-0.39, 0.29) is 11.3 Å². The molecule has 1 aromatic heterocycles. The van der Waals surface area contributed by atoms with E-state index in [0.29, 0.717) is 5.91 Å². The standard InChI is InChI=1S/C23H32N4O/c1-4-27-17-23(14-21(22(27)28)19-8-6-5-7-9-19)10-12-26(13-11-23)16-20-15-25(3)24-18(20)2/h5-9,15,21H,4,10-14,16-17H2,1-3H3. The second-order valence-electron chi connectivity index (χ2n) is 8.71. The molecule has 0 bridgehead atoms. The Balaban J connectivity index is 1.47. The van der Waals surface area contributed by atoms with Gasteiger partial charge in [-0.3, -0.25) is 14.4 Å². The van der Waals surface area contributed by atoms with Gasteiger partial charge < -0.3 is 4.90 Å². The maximum absolute atomic E-state index is 13.0. The van der Waals surface area contributed by atoms with Crippen molar-refractivity contribution in [2.45, 2.75) is 45.6 Å². The molecule has 0 aliphatic carbocycles. The Bertz CT molecular complexity index is 820. The Hall–Kier alpha value is -2.14. The van der Waals surface area contributed by atoms with E-state index in [1.165, 1.54) is 24.0 Å². The van der Waals surface area contributed by atoms with Crippen molar-refractivity contribution in [1.82, 2.24) is 19.6 Å². The lowest BCUT2D eigenvalue weighted by Crippen LogP contribution is -2.53. The summed E-state index contributed by atoms with van der Waals surface area (Å²) in [5.41, 5.74) is 3.89. The van der Waals surface area contributed by atoms with Gasteiger partial charge >= 0.3 is 0 Å². The van der Waals surface area contributed by atoms with Crippen LogP contribution in [0, 0.1) is 12.3 Å². The van der Waals surface area contributed by atoms with Crippen LogP contribution in [-0.4, -0.2) is 51.7 Å². The summed E-state index contributed by atoms with van der Waals surface area (Å²) in [7, 11) is 1.99. The smallest absolute Gasteiger partial charge is 0.230 e. The number of hydrogen-bond acceptors (Lipinski definition) is 3. The molecule has 3 heterocycles. The molecule has 2 aromatic rings. The maximum atomic E-state index is 13.0. The minimum atomic E-state index is 0.0158. The predicted molar refractivity (Wildman–Crippen MR) is 111 cm³/mol. The normalized spacial score (nSPS) is 22.8. The fraction of sp³-hybridized carbons (Fsp3) is 0.565. The molecule has 0 N–H and O–H groups in total. The van der Waals surface area contributed by atoms with E-state index in [4.69, 9.17) is 0 Å². The molecule has 2 fully saturated rings. The summed E-state index contributed by atoms with van der Waals surface area (Å²) >= 11 is 0. The van der Waals surface area contributed by atoms with Gasteiger partial charge in [-0.15, -0.1) is 0 Å². The summed E-state index contributed by atoms with van der Waals surface area (Å²) in [6, 6.07) is 10.4. The molecule has 1 spiro atoms. The fourth-order valence-electron chi connectivity index (χ4n) is 5.09. The topological polar surface area (TPSA) is 41.4 Å². The predicted octanol–water partition coefficient (Wildman–Crippen LogP) is 3.35. The van der Waals surface area contributed by atoms with Crippen molar-refractivity contribution in [3.63, 3.8) is 0 Å². The zero-order valence-corrected chi connectivity index (χ0v) is 17.4. The molecule has 2 saturated heterocycles. The number of piperidine rings is 2. The van der Waals surface area contributed by atoms with Gasteiger partial charge in [-0.1, -0.05) is 30.3 Å². The number of likely N-dealkylation sites (tertiary alicyclic amines) is 2. The van der Waals surface area contributed by atoms with E-state index in [1.807, 2.05) is 17.8 Å². The fourth-order valence-corrected chi connectivity index (χ4v) is 5.09. The van der Waals surface area contributed by atoms with Gasteiger partial charge in [0.25, 0.3) is 0 Å². The second-order valence-corrected chi connectivity index (χ2v) is 8.71. The Morgan fingerprint density at radius 2 is 1.89 bits per heavy atom. The van der Waals surface area contributed by atoms with Crippen LogP contribution in [0.1, 0.15) is 48.9 Å². The minimum Gasteiger partial charge on any atom is -0.342 e. The van der Waals surface area contributed by atoms with Crippen molar-refractivity contribution >= 4 is 5.91 Å². The Morgan fingerprint density at radius 3 is 2.50 bits per heavy atom. The molecule has 5 heteroatoms. The molecule has 150 valence electrons. The highest BCUT2D eigenvalue weighted by molar-refractivity contribution is 5.84. The first-order chi connectivity index (χ1) is 13.5. The molecule has 1 unspecified atom stereocenters. The first-order valence-electron chi connectivity index (χ1n) is 10.5. The van der Waals surface area contributed by atoms with Gasteiger partial charge in [-0.25, -0.2) is 0 Å². The van der Waals surface area contributed by atoms with E-state index in [2.05, 4.69) is 59.2 Å². The van der Waals surface area contributed by atoms with Gasteiger partial charge in [0.1, 0.15) is 0 Å². The van der Waals surface area contributed by atoms with E-state index >= 15 is 0 Å². The number of rotatable bonds is 4. The number of amides is 1. The van der Waals surface area contributed by atoms with Crippen LogP contribution in [0.5, 0.6) is 0 Å². The second kappa shape index (κ2) is 7.70. The van der Waals surface area contributed by atoms with E-state index in [9.17, 15) is 4.79 Å². The molecular formula is C23H32N4O. The van der Waals surface area contributed by atoms with Crippen molar-refractivity contribution in [3.8, 4) is 0 Å². The average Bonchev–Trinajstić information content (AvgIpc) is 3.03. The Kier molecular flexibility index (Phi) is 5.28. The third-order valence-electron chi connectivity index (χ3n) is 6.78. The van der Waals surface area contributed by atoms with E-state index < -0.39 is 0 Å². The maximum Gasteiger partial charge on any atom is 0.230 e. The lowest BCUT2D eigenvalue weighted by atomic mass is 9.67. The molecule has 4 rings (SSSR count). The third-order valence-corrected chi connectivity index (χ3v) is 6.78. The summed E-state index contributed by atoms with van der Waals surface area (Å²) in [5.74, 6) is 0.328. The van der Waals surface area contributed by atoms with Crippen LogP contribution in [0.25, 0.3) is 0 Å². The molecule has 1 atom stereocenters. The van der Waals surface area contributed by atoms with Crippen LogP contribution in [0.2, 0.25) is 0 Å². The summed E-state index contributed by atoms with van der Waals surface area (Å²) in [6.07, 6.45) is 5.47. The van der Waals surface area contributed by atoms with Crippen LogP contribution in [0.4, 0.5) is 0 Å². The van der Waals surface area contributed by atoms with Crippen LogP contribution >= 0.6 is 0 Å². The summed E-state index contributed by atoms with van der Waals surface area (Å²) in [5, 5.41) is 4.48. The van der Waals surface area contributed by atoms with E-state index in [1.54, 1.807) is 0 Å². The molecule has 1 aromatic carbocycles. The van der Waals surface area contributed by atoms with Gasteiger partial charge in [0.15, 0.2) is 0 Å². The minimum absolute atomic E-state index is 0.0158. The highest BCUT2D eigenvalue weighted by atomic mass is 16.2. The monoisotopic (exact) mass is 380 g/mol. The number of hydrogen-bond donors (Lipinski definition) is 0. The Morgan fingerprint density at radius 1 is 1.18 bits per heavy atom. The highest BCUT2D eigenvalue weighted by Crippen LogP contribution is 2.45. The summed E-state index contributed by atoms with van der Waals surface area (Å²) in [4.78, 5) is 17.7. The van der Waals surface area contributed by atoms with Crippen LogP contribution < -0.4 is 0 Å². The number of aromatic nitrogens is 2. The first kappa shape index (κ1) is 19.2. The lowest BCUT2D eigenvalue weighted by molar-refractivity contribution is -0.141. The Labute approximate surface area is 168 Å². The van der Waals surface area contributed by atoms with Crippen LogP contribution in [0.15, 0.2) is 36.5 Å². The number of aryl methyl sites for hydroxylation is 2. The molecule has 0 radical (unpaired) electrons. The third kappa shape index (κ3) is 3.72. The molecule has 2 aliphatic rings. The van der Waals surface area contributed by atoms with Gasteiger partial charge in [0.05, 0.1) is 11.6 Å². The molecule has 5 nitrogen and oxygen atoms in total. The zero-order valence-electron chi connectivity index (χ0n) is 17.4. The van der Waals surface area contributed by atoms with Gasteiger partial charge in [-0.2, -0.15) is 5.10 Å². The van der Waals surface area contributed by atoms with Crippen molar-refractivity contribution in [1.29, 1.82) is 0 Å². The van der Waals surface area contributed by atoms with Crippen molar-refractivity contribution < 1.29 is 4.79 Å². The van der Waals surface area contributed by atoms with Crippen LogP contribution in [-0.2, 0) is 18.4 Å². The summed E-state index contributed by atoms with van der Waals surface area (Å²) in [6.45, 7) is 9.11. The van der Waals surface area contributed by atoms with Gasteiger partial charge in [-0.05, 0) is 57.2 Å². The molecule has 0 saturated carbocycles. The van der Waals surface area contributed by atoms with Gasteiger partial charge in [0, 0.05) is 38.4 Å². The first-order valence-corrected chi connectivity index (χ1v) is 10.5. The van der Waals surface area contributed by atoms with E-state index in [0.717, 1.165) is 44.8 Å². The number of nitrogens with zero attached hydrogens (tertiary/aromatic N) is 4. The number of carbonyl (C=O) groups is 1. The molecule has 2 aliphatic heterocycles. The van der Waals surface area contributed by atoms with Gasteiger partial charge in [0.2, 0.25) is 5.91 Å². The average molecular weight is 381 g/mol. The number of likely N-dealkylation sites (N-methyl/N-ethyl adjacent to an activating group) is 1.